The fourth-order valence-electron chi connectivity index (χ4n) is 2.38. The quantitative estimate of drug-likeness (QED) is 0.678. The summed E-state index contributed by atoms with van der Waals surface area (Å²) < 4.78 is -2.08. The highest BCUT2D eigenvalue weighted by molar-refractivity contribution is 6.76. The zero-order chi connectivity index (χ0) is 15.0. The third-order valence-corrected chi connectivity index (χ3v) is 4.47. The lowest BCUT2D eigenvalue weighted by Crippen LogP contribution is -2.62. The standard InChI is InChI=1S/C12H20Cl3NO3/c1-6(2)7-4-8(11(3,19)9(17)5-7)16-10(18)12(13,14)15/h6-9,17,19H,4-5H2,1-3H3,(H,16,18)/t7-,8+,9-,11+/m0/s1. The second-order valence-electron chi connectivity index (χ2n) is 5.74. The molecule has 0 radical (unpaired) electrons. The molecule has 1 fully saturated rings. The molecule has 4 nitrogen and oxygen atoms in total. The van der Waals surface area contributed by atoms with Crippen molar-refractivity contribution < 1.29 is 15.0 Å². The van der Waals surface area contributed by atoms with Crippen molar-refractivity contribution in [3.8, 4) is 0 Å². The van der Waals surface area contributed by atoms with Gasteiger partial charge in [0.25, 0.3) is 9.70 Å². The van der Waals surface area contributed by atoms with E-state index in [0.717, 1.165) is 0 Å². The van der Waals surface area contributed by atoms with E-state index in [1.807, 2.05) is 13.8 Å². The van der Waals surface area contributed by atoms with Gasteiger partial charge in [-0.25, -0.2) is 0 Å². The highest BCUT2D eigenvalue weighted by atomic mass is 35.6. The Hall–Kier alpha value is 0.260. The van der Waals surface area contributed by atoms with Crippen molar-refractivity contribution in [1.82, 2.24) is 5.32 Å². The molecule has 0 spiro atoms. The Morgan fingerprint density at radius 1 is 1.37 bits per heavy atom. The fraction of sp³-hybridized carbons (Fsp3) is 0.917. The number of halogens is 3. The van der Waals surface area contributed by atoms with E-state index in [4.69, 9.17) is 34.8 Å². The largest absolute Gasteiger partial charge is 0.390 e. The van der Waals surface area contributed by atoms with Crippen LogP contribution >= 0.6 is 34.8 Å². The SMILES string of the molecule is CC(C)[C@@H]1C[C@H](O)[C@](C)(O)[C@H](NC(=O)C(Cl)(Cl)Cl)C1. The predicted molar refractivity (Wildman–Crippen MR) is 76.4 cm³/mol. The molecular formula is C12H20Cl3NO3. The van der Waals surface area contributed by atoms with Gasteiger partial charge in [0.2, 0.25) is 0 Å². The Labute approximate surface area is 128 Å². The molecule has 0 aliphatic heterocycles. The van der Waals surface area contributed by atoms with Crippen LogP contribution in [0.4, 0.5) is 0 Å². The molecule has 0 saturated heterocycles. The topological polar surface area (TPSA) is 69.6 Å². The number of carbonyl (C=O) groups excluding carboxylic acids is 1. The zero-order valence-electron chi connectivity index (χ0n) is 11.2. The normalized spacial score (nSPS) is 36.4. The van der Waals surface area contributed by atoms with Crippen LogP contribution in [0.5, 0.6) is 0 Å². The van der Waals surface area contributed by atoms with Crippen molar-refractivity contribution >= 4 is 40.7 Å². The number of carbonyl (C=O) groups is 1. The highest BCUT2D eigenvalue weighted by Crippen LogP contribution is 2.37. The number of alkyl halides is 3. The van der Waals surface area contributed by atoms with Crippen LogP contribution in [-0.2, 0) is 4.79 Å². The summed E-state index contributed by atoms with van der Waals surface area (Å²) in [6.07, 6.45) is 0.105. The zero-order valence-corrected chi connectivity index (χ0v) is 13.4. The number of rotatable bonds is 2. The van der Waals surface area contributed by atoms with Crippen LogP contribution in [0.25, 0.3) is 0 Å². The van der Waals surface area contributed by atoms with Crippen LogP contribution in [0.1, 0.15) is 33.6 Å². The molecule has 0 bridgehead atoms. The average molecular weight is 333 g/mol. The minimum Gasteiger partial charge on any atom is -0.390 e. The summed E-state index contributed by atoms with van der Waals surface area (Å²) in [5.41, 5.74) is -1.43. The maximum atomic E-state index is 11.7. The van der Waals surface area contributed by atoms with Crippen molar-refractivity contribution in [1.29, 1.82) is 0 Å². The molecule has 3 N–H and O–H groups in total. The average Bonchev–Trinajstić information content (AvgIpc) is 2.23. The molecule has 1 rings (SSSR count). The van der Waals surface area contributed by atoms with Crippen LogP contribution in [0.15, 0.2) is 0 Å². The van der Waals surface area contributed by atoms with E-state index < -0.39 is 27.4 Å². The maximum absolute atomic E-state index is 11.7. The molecule has 19 heavy (non-hydrogen) atoms. The monoisotopic (exact) mass is 331 g/mol. The molecule has 0 aromatic carbocycles. The van der Waals surface area contributed by atoms with Crippen molar-refractivity contribution in [2.75, 3.05) is 0 Å². The van der Waals surface area contributed by atoms with Gasteiger partial charge < -0.3 is 15.5 Å². The van der Waals surface area contributed by atoms with Crippen molar-refractivity contribution in [3.05, 3.63) is 0 Å². The van der Waals surface area contributed by atoms with Gasteiger partial charge >= 0.3 is 0 Å². The minimum absolute atomic E-state index is 0.191. The molecule has 0 heterocycles. The molecule has 1 amide bonds. The lowest BCUT2D eigenvalue weighted by molar-refractivity contribution is -0.138. The smallest absolute Gasteiger partial charge is 0.272 e. The van der Waals surface area contributed by atoms with Gasteiger partial charge in [0, 0.05) is 0 Å². The summed E-state index contributed by atoms with van der Waals surface area (Å²) in [6, 6.07) is -0.647. The number of aliphatic hydroxyl groups is 2. The second-order valence-corrected chi connectivity index (χ2v) is 8.02. The summed E-state index contributed by atoms with van der Waals surface area (Å²) in [5.74, 6) is -0.270. The molecule has 112 valence electrons. The van der Waals surface area contributed by atoms with E-state index in [0.29, 0.717) is 18.8 Å². The van der Waals surface area contributed by atoms with E-state index in [1.165, 1.54) is 6.92 Å². The molecule has 7 heteroatoms. The first-order valence-corrected chi connectivity index (χ1v) is 7.37. The summed E-state index contributed by atoms with van der Waals surface area (Å²) >= 11 is 16.5. The van der Waals surface area contributed by atoms with Gasteiger partial charge in [0.1, 0.15) is 5.60 Å². The Morgan fingerprint density at radius 2 is 1.89 bits per heavy atom. The molecule has 4 atom stereocenters. The van der Waals surface area contributed by atoms with E-state index >= 15 is 0 Å². The number of aliphatic hydroxyl groups excluding tert-OH is 1. The fourth-order valence-corrected chi connectivity index (χ4v) is 2.55. The lowest BCUT2D eigenvalue weighted by Gasteiger charge is -2.45. The molecular weight excluding hydrogens is 312 g/mol. The molecule has 0 aromatic rings. The van der Waals surface area contributed by atoms with Gasteiger partial charge in [-0.1, -0.05) is 48.7 Å². The van der Waals surface area contributed by atoms with E-state index in [1.54, 1.807) is 0 Å². The van der Waals surface area contributed by atoms with Gasteiger partial charge in [0.05, 0.1) is 12.1 Å². The number of hydrogen-bond donors (Lipinski definition) is 3. The summed E-state index contributed by atoms with van der Waals surface area (Å²) in [4.78, 5) is 11.7. The molecule has 0 aromatic heterocycles. The van der Waals surface area contributed by atoms with Gasteiger partial charge in [-0.3, -0.25) is 4.79 Å². The Morgan fingerprint density at radius 3 is 2.32 bits per heavy atom. The summed E-state index contributed by atoms with van der Waals surface area (Å²) in [7, 11) is 0. The lowest BCUT2D eigenvalue weighted by atomic mass is 9.70. The first-order chi connectivity index (χ1) is 8.46. The van der Waals surface area contributed by atoms with E-state index in [-0.39, 0.29) is 5.92 Å². The van der Waals surface area contributed by atoms with Crippen LogP contribution in [-0.4, -0.2) is 37.7 Å². The predicted octanol–water partition coefficient (Wildman–Crippen LogP) is 2.02. The molecule has 1 aliphatic carbocycles. The molecule has 1 aliphatic rings. The minimum atomic E-state index is -2.08. The Bertz CT molecular complexity index is 342. The maximum Gasteiger partial charge on any atom is 0.272 e. The highest BCUT2D eigenvalue weighted by Gasteiger charge is 2.47. The van der Waals surface area contributed by atoms with E-state index in [2.05, 4.69) is 5.32 Å². The second kappa shape index (κ2) is 5.94. The number of nitrogens with one attached hydrogen (secondary N) is 1. The van der Waals surface area contributed by atoms with Crippen LogP contribution in [0, 0.1) is 11.8 Å². The van der Waals surface area contributed by atoms with E-state index in [9.17, 15) is 15.0 Å². The summed E-state index contributed by atoms with van der Waals surface area (Å²) in [6.45, 7) is 5.55. The molecule has 0 unspecified atom stereocenters. The Balaban J connectivity index is 2.85. The first-order valence-electron chi connectivity index (χ1n) is 6.24. The van der Waals surface area contributed by atoms with Gasteiger partial charge in [0.15, 0.2) is 0 Å². The van der Waals surface area contributed by atoms with Crippen LogP contribution in [0.2, 0.25) is 0 Å². The van der Waals surface area contributed by atoms with Crippen LogP contribution in [0.3, 0.4) is 0 Å². The van der Waals surface area contributed by atoms with Gasteiger partial charge in [-0.2, -0.15) is 0 Å². The third kappa shape index (κ3) is 4.11. The number of hydrogen-bond acceptors (Lipinski definition) is 3. The van der Waals surface area contributed by atoms with Crippen LogP contribution < -0.4 is 5.32 Å². The molecule has 1 saturated carbocycles. The third-order valence-electron chi connectivity index (χ3n) is 3.95. The number of amides is 1. The Kier molecular flexibility index (Phi) is 5.41. The first kappa shape index (κ1) is 17.3. The summed E-state index contributed by atoms with van der Waals surface area (Å²) in [5, 5.41) is 22.9. The van der Waals surface area contributed by atoms with Crippen molar-refractivity contribution in [2.24, 2.45) is 11.8 Å². The van der Waals surface area contributed by atoms with Crippen molar-refractivity contribution in [2.45, 2.75) is 55.2 Å². The van der Waals surface area contributed by atoms with Gasteiger partial charge in [-0.15, -0.1) is 0 Å². The van der Waals surface area contributed by atoms with Crippen molar-refractivity contribution in [3.63, 3.8) is 0 Å². The van der Waals surface area contributed by atoms with Gasteiger partial charge in [-0.05, 0) is 31.6 Å².